The maximum atomic E-state index is 2.33. The topological polar surface area (TPSA) is 0 Å². The minimum atomic E-state index is 0. The standard InChI is InChI=1S/Al.Ga.In.H4P2.9H/c;;;1-2;;;;;;;;;/h;;;1-2H2;;;;;;;;;. The van der Waals surface area contributed by atoms with Gasteiger partial charge in [0.15, 0.2) is 17.4 Å². The monoisotopic (exact) mass is 286 g/mol. The molecule has 0 nitrogen and oxygen atoms in total. The molecule has 0 rings (SSSR count). The molecule has 0 saturated heterocycles. The molecule has 0 aromatic carbocycles. The van der Waals surface area contributed by atoms with Crippen LogP contribution in [0, 0.1) is 0 Å². The van der Waals surface area contributed by atoms with E-state index < -0.39 is 0 Å². The summed E-state index contributed by atoms with van der Waals surface area (Å²) in [5.41, 5.74) is 0. The summed E-state index contributed by atoms with van der Waals surface area (Å²) in [4.78, 5) is 0. The Morgan fingerprint density at radius 2 is 1.00 bits per heavy atom. The van der Waals surface area contributed by atoms with Gasteiger partial charge in [-0.05, 0) is 0 Å². The van der Waals surface area contributed by atoms with E-state index in [9.17, 15) is 0 Å². The van der Waals surface area contributed by atoms with Crippen molar-refractivity contribution in [3.63, 3.8) is 0 Å². The SMILES string of the molecule is PP.[AlH3].[GaH3].[InH3]. The van der Waals surface area contributed by atoms with Crippen molar-refractivity contribution in [2.45, 2.75) is 0 Å². The normalized spacial score (nSPS) is 1.20. The summed E-state index contributed by atoms with van der Waals surface area (Å²) >= 11 is 0. The van der Waals surface area contributed by atoms with E-state index in [4.69, 9.17) is 0 Å². The van der Waals surface area contributed by atoms with Crippen LogP contribution in [-0.4, -0.2) is 63.0 Å². The summed E-state index contributed by atoms with van der Waals surface area (Å²) in [5, 5.41) is 0. The molecule has 32 valence electrons. The van der Waals surface area contributed by atoms with E-state index in [-0.39, 0.29) is 63.0 Å². The molecule has 0 heterocycles. The summed E-state index contributed by atoms with van der Waals surface area (Å²) in [5.74, 6) is 0. The molecule has 2 unspecified atom stereocenters. The average Bonchev–Trinajstić information content (AvgIpc) is 1.00. The zero-order chi connectivity index (χ0) is 2.00. The molecule has 0 saturated carbocycles. The molecule has 0 amide bonds. The van der Waals surface area contributed by atoms with Crippen molar-refractivity contribution in [2.24, 2.45) is 0 Å². The van der Waals surface area contributed by atoms with Crippen LogP contribution in [-0.2, 0) is 0 Å². The van der Waals surface area contributed by atoms with Gasteiger partial charge in [0.05, 0.1) is 0 Å². The van der Waals surface area contributed by atoms with Crippen molar-refractivity contribution in [2.75, 3.05) is 0 Å². The summed E-state index contributed by atoms with van der Waals surface area (Å²) < 4.78 is 0. The molecule has 0 aliphatic heterocycles. The van der Waals surface area contributed by atoms with Crippen LogP contribution in [0.15, 0.2) is 0 Å². The van der Waals surface area contributed by atoms with E-state index in [1.807, 2.05) is 0 Å². The van der Waals surface area contributed by atoms with Crippen LogP contribution in [0.3, 0.4) is 0 Å². The molecule has 5 heteroatoms. The second-order valence-corrected chi connectivity index (χ2v) is 0. The van der Waals surface area contributed by atoms with Gasteiger partial charge >= 0.3 is 45.6 Å². The molecule has 0 radical (unpaired) electrons. The fourth-order valence-electron chi connectivity index (χ4n) is 0. The third kappa shape index (κ3) is 19.7. The first-order valence-electron chi connectivity index (χ1n) is 0.333. The molecule has 2 atom stereocenters. The van der Waals surface area contributed by atoms with Gasteiger partial charge < -0.3 is 0 Å². The zero-order valence-electron chi connectivity index (χ0n) is 1.15. The van der Waals surface area contributed by atoms with Crippen LogP contribution in [0.25, 0.3) is 0 Å². The molecule has 0 spiro atoms. The first-order valence-corrected chi connectivity index (χ1v) is 3.00. The Morgan fingerprint density at radius 1 is 1.00 bits per heavy atom. The van der Waals surface area contributed by atoms with Crippen LogP contribution in [0.1, 0.15) is 0 Å². The summed E-state index contributed by atoms with van der Waals surface area (Å²) in [6, 6.07) is 0. The van der Waals surface area contributed by atoms with Crippen LogP contribution in [0.2, 0.25) is 0 Å². The van der Waals surface area contributed by atoms with Gasteiger partial charge in [-0.1, -0.05) is 0 Å². The van der Waals surface area contributed by atoms with Gasteiger partial charge in [0.2, 0.25) is 0 Å². The van der Waals surface area contributed by atoms with E-state index in [1.165, 1.54) is 0 Å². The van der Waals surface area contributed by atoms with Crippen molar-refractivity contribution in [3.05, 3.63) is 0 Å². The third-order valence-corrected chi connectivity index (χ3v) is 0. The Kier molecular flexibility index (Phi) is 141. The van der Waals surface area contributed by atoms with Crippen molar-refractivity contribution < 1.29 is 0 Å². The summed E-state index contributed by atoms with van der Waals surface area (Å²) in [7, 11) is 4.67. The number of hydrogen-bond donors (Lipinski definition) is 0. The fraction of sp³-hybridized carbons (Fsp3) is 0. The van der Waals surface area contributed by atoms with Crippen LogP contribution >= 0.6 is 17.9 Å². The van der Waals surface area contributed by atoms with E-state index in [0.29, 0.717) is 0 Å². The van der Waals surface area contributed by atoms with Gasteiger partial charge in [0.25, 0.3) is 0 Å². The summed E-state index contributed by atoms with van der Waals surface area (Å²) in [6.45, 7) is 0. The van der Waals surface area contributed by atoms with Crippen LogP contribution < -0.4 is 0 Å². The first-order chi connectivity index (χ1) is 1.00. The predicted octanol–water partition coefficient (Wildman–Crippen LogP) is -2.90. The molecule has 0 aromatic rings. The van der Waals surface area contributed by atoms with E-state index in [1.54, 1.807) is 0 Å². The second kappa shape index (κ2) is 28.6. The third-order valence-electron chi connectivity index (χ3n) is 0. The Balaban J connectivity index is -0.00000000167. The minimum absolute atomic E-state index is 0. The fourth-order valence-corrected chi connectivity index (χ4v) is 0. The molecular weight excluding hydrogens is 273 g/mol. The van der Waals surface area contributed by atoms with Gasteiger partial charge in [0, 0.05) is 0 Å². The van der Waals surface area contributed by atoms with Crippen molar-refractivity contribution in [3.8, 4) is 0 Å². The van der Waals surface area contributed by atoms with Gasteiger partial charge in [-0.3, -0.25) is 0 Å². The van der Waals surface area contributed by atoms with Crippen LogP contribution in [0.4, 0.5) is 0 Å². The van der Waals surface area contributed by atoms with Gasteiger partial charge in [-0.2, -0.15) is 0 Å². The first kappa shape index (κ1) is 24.7. The molecule has 0 bridgehead atoms. The van der Waals surface area contributed by atoms with Gasteiger partial charge in [0.1, 0.15) is 0 Å². The van der Waals surface area contributed by atoms with Crippen LogP contribution in [0.5, 0.6) is 0 Å². The Labute approximate surface area is 79.9 Å². The molecule has 0 aromatic heterocycles. The predicted molar refractivity (Wildman–Crippen MR) is 49.2 cm³/mol. The van der Waals surface area contributed by atoms with Crippen molar-refractivity contribution in [1.82, 2.24) is 0 Å². The molecule has 5 heavy (non-hydrogen) atoms. The molecule has 0 N–H and O–H groups in total. The Bertz CT molecular complexity index is 9.61. The Hall–Kier alpha value is 2.90. The number of hydrogen-bond acceptors (Lipinski definition) is 0. The second-order valence-electron chi connectivity index (χ2n) is 0. The molecule has 0 aliphatic carbocycles. The zero-order valence-corrected chi connectivity index (χ0v) is 3.46. The molecular formula is H13AlGaInP2. The van der Waals surface area contributed by atoms with Crippen molar-refractivity contribution in [1.29, 1.82) is 0 Å². The quantitative estimate of drug-likeness (QED) is 0.331. The maximum absolute atomic E-state index is 2.33. The number of rotatable bonds is 0. The van der Waals surface area contributed by atoms with E-state index in [2.05, 4.69) is 17.9 Å². The van der Waals surface area contributed by atoms with Gasteiger partial charge in [-0.25, -0.2) is 0 Å². The summed E-state index contributed by atoms with van der Waals surface area (Å²) in [6.07, 6.45) is 0. The Morgan fingerprint density at radius 3 is 1.00 bits per heavy atom. The average molecular weight is 287 g/mol. The van der Waals surface area contributed by atoms with E-state index in [0.717, 1.165) is 0 Å². The van der Waals surface area contributed by atoms with E-state index >= 15 is 0 Å². The molecule has 0 aliphatic rings. The molecule has 0 fully saturated rings. The van der Waals surface area contributed by atoms with Gasteiger partial charge in [-0.15, -0.1) is 17.9 Å². The van der Waals surface area contributed by atoms with Crippen molar-refractivity contribution >= 4 is 80.9 Å².